The highest BCUT2D eigenvalue weighted by atomic mass is 16.5. The van der Waals surface area contributed by atoms with Gasteiger partial charge in [-0.25, -0.2) is 4.98 Å². The first kappa shape index (κ1) is 20.1. The minimum atomic E-state index is 0.399. The molecular weight excluding hydrogens is 396 g/mol. The lowest BCUT2D eigenvalue weighted by Crippen LogP contribution is -2.13. The van der Waals surface area contributed by atoms with Crippen LogP contribution >= 0.6 is 0 Å². The largest absolute Gasteiger partial charge is 0.492 e. The highest BCUT2D eigenvalue weighted by Crippen LogP contribution is 2.23. The van der Waals surface area contributed by atoms with Gasteiger partial charge in [0, 0.05) is 0 Å². The summed E-state index contributed by atoms with van der Waals surface area (Å²) in [5, 5.41) is 2.37. The Balaban J connectivity index is 1.34. The van der Waals surface area contributed by atoms with Crippen LogP contribution in [0.5, 0.6) is 11.5 Å². The summed E-state index contributed by atoms with van der Waals surface area (Å²) in [6.07, 6.45) is 0. The van der Waals surface area contributed by atoms with E-state index in [0.29, 0.717) is 19.8 Å². The molecule has 0 bridgehead atoms. The Morgan fingerprint density at radius 2 is 1.47 bits per heavy atom. The smallest absolute Gasteiger partial charge is 0.148 e. The summed E-state index contributed by atoms with van der Waals surface area (Å²) < 4.78 is 14.4. The van der Waals surface area contributed by atoms with Crippen molar-refractivity contribution in [2.75, 3.05) is 6.61 Å². The van der Waals surface area contributed by atoms with Crippen molar-refractivity contribution in [1.29, 1.82) is 0 Å². The second kappa shape index (κ2) is 8.75. The van der Waals surface area contributed by atoms with Crippen LogP contribution < -0.4 is 9.47 Å². The molecule has 0 atom stereocenters. The summed E-state index contributed by atoms with van der Waals surface area (Å²) in [5.74, 6) is 2.63. The molecule has 0 saturated heterocycles. The first-order valence-electron chi connectivity index (χ1n) is 10.9. The van der Waals surface area contributed by atoms with Crippen molar-refractivity contribution in [3.05, 3.63) is 102 Å². The first-order chi connectivity index (χ1) is 15.7. The molecule has 1 heterocycles. The van der Waals surface area contributed by atoms with Gasteiger partial charge in [-0.3, -0.25) is 0 Å². The molecule has 0 radical (unpaired) electrons. The van der Waals surface area contributed by atoms with Crippen LogP contribution in [0.25, 0.3) is 21.8 Å². The van der Waals surface area contributed by atoms with Crippen LogP contribution in [0.2, 0.25) is 0 Å². The predicted molar refractivity (Wildman–Crippen MR) is 129 cm³/mol. The van der Waals surface area contributed by atoms with E-state index in [1.807, 2.05) is 42.5 Å². The molecule has 0 aliphatic heterocycles. The van der Waals surface area contributed by atoms with E-state index in [0.717, 1.165) is 28.4 Å². The molecular formula is C28H26N2O2. The van der Waals surface area contributed by atoms with Gasteiger partial charge in [-0.15, -0.1) is 0 Å². The maximum atomic E-state index is 6.14. The molecule has 0 N–H and O–H groups in total. The van der Waals surface area contributed by atoms with Crippen molar-refractivity contribution in [3.63, 3.8) is 0 Å². The van der Waals surface area contributed by atoms with E-state index in [1.165, 1.54) is 21.9 Å². The molecule has 0 spiro atoms. The number of aromatic nitrogens is 2. The molecule has 0 fully saturated rings. The molecule has 160 valence electrons. The Bertz CT molecular complexity index is 1390. The Labute approximate surface area is 188 Å². The zero-order chi connectivity index (χ0) is 21.9. The average Bonchev–Trinajstić information content (AvgIpc) is 3.17. The van der Waals surface area contributed by atoms with Crippen LogP contribution in [-0.2, 0) is 13.2 Å². The van der Waals surface area contributed by atoms with E-state index in [2.05, 4.69) is 60.9 Å². The zero-order valence-corrected chi connectivity index (χ0v) is 18.4. The topological polar surface area (TPSA) is 36.3 Å². The standard InChI is InChI=1S/C28H26N2O2/c1-20-11-13-24(17-21(20)2)31-16-15-30-27-10-6-5-9-26(27)29-28(30)19-32-25-14-12-22-7-3-4-8-23(22)18-25/h3-14,17-18H,15-16,19H2,1-2H3. The van der Waals surface area contributed by atoms with Crippen LogP contribution in [0.1, 0.15) is 17.0 Å². The molecule has 32 heavy (non-hydrogen) atoms. The van der Waals surface area contributed by atoms with E-state index in [-0.39, 0.29) is 0 Å². The third-order valence-electron chi connectivity index (χ3n) is 5.88. The van der Waals surface area contributed by atoms with E-state index in [9.17, 15) is 0 Å². The number of ether oxygens (including phenoxy) is 2. The number of aryl methyl sites for hydroxylation is 2. The third-order valence-corrected chi connectivity index (χ3v) is 5.88. The Kier molecular flexibility index (Phi) is 5.51. The fourth-order valence-corrected chi connectivity index (χ4v) is 3.95. The fraction of sp³-hybridized carbons (Fsp3) is 0.179. The summed E-state index contributed by atoms with van der Waals surface area (Å²) in [7, 11) is 0. The number of benzene rings is 4. The van der Waals surface area contributed by atoms with Gasteiger partial charge in [-0.2, -0.15) is 0 Å². The summed E-state index contributed by atoms with van der Waals surface area (Å²) in [6.45, 7) is 5.87. The van der Waals surface area contributed by atoms with Gasteiger partial charge in [0.2, 0.25) is 0 Å². The molecule has 4 nitrogen and oxygen atoms in total. The number of nitrogens with zero attached hydrogens (tertiary/aromatic N) is 2. The summed E-state index contributed by atoms with van der Waals surface area (Å²) in [6, 6.07) is 28.9. The maximum absolute atomic E-state index is 6.14. The molecule has 1 aromatic heterocycles. The number of hydrogen-bond acceptors (Lipinski definition) is 3. The minimum Gasteiger partial charge on any atom is -0.492 e. The van der Waals surface area contributed by atoms with Gasteiger partial charge in [0.25, 0.3) is 0 Å². The van der Waals surface area contributed by atoms with Crippen LogP contribution in [0.4, 0.5) is 0 Å². The SMILES string of the molecule is Cc1ccc(OCCn2c(COc3ccc4ccccc4c3)nc3ccccc32)cc1C. The molecule has 4 heteroatoms. The van der Waals surface area contributed by atoms with Gasteiger partial charge < -0.3 is 14.0 Å². The summed E-state index contributed by atoms with van der Waals surface area (Å²) in [5.41, 5.74) is 4.57. The third kappa shape index (κ3) is 4.17. The van der Waals surface area contributed by atoms with Crippen LogP contribution in [0.3, 0.4) is 0 Å². The predicted octanol–water partition coefficient (Wildman–Crippen LogP) is 6.46. The van der Waals surface area contributed by atoms with Crippen molar-refractivity contribution >= 4 is 21.8 Å². The Hall–Kier alpha value is -3.79. The summed E-state index contributed by atoms with van der Waals surface area (Å²) >= 11 is 0. The van der Waals surface area contributed by atoms with Gasteiger partial charge >= 0.3 is 0 Å². The van der Waals surface area contributed by atoms with Crippen molar-refractivity contribution in [2.24, 2.45) is 0 Å². The molecule has 4 aromatic carbocycles. The number of para-hydroxylation sites is 2. The van der Waals surface area contributed by atoms with Gasteiger partial charge in [0.1, 0.15) is 30.5 Å². The second-order valence-electron chi connectivity index (χ2n) is 8.06. The van der Waals surface area contributed by atoms with E-state index in [4.69, 9.17) is 14.5 Å². The molecule has 0 unspecified atom stereocenters. The molecule has 5 rings (SSSR count). The van der Waals surface area contributed by atoms with Crippen LogP contribution in [-0.4, -0.2) is 16.2 Å². The van der Waals surface area contributed by atoms with Crippen LogP contribution in [0.15, 0.2) is 84.9 Å². The van der Waals surface area contributed by atoms with Gasteiger partial charge in [-0.05, 0) is 72.1 Å². The lowest BCUT2D eigenvalue weighted by molar-refractivity contribution is 0.272. The van der Waals surface area contributed by atoms with E-state index in [1.54, 1.807) is 0 Å². The summed E-state index contributed by atoms with van der Waals surface area (Å²) in [4.78, 5) is 4.82. The fourth-order valence-electron chi connectivity index (χ4n) is 3.95. The highest BCUT2D eigenvalue weighted by molar-refractivity contribution is 5.83. The second-order valence-corrected chi connectivity index (χ2v) is 8.06. The molecule has 0 aliphatic carbocycles. The van der Waals surface area contributed by atoms with Crippen molar-refractivity contribution in [2.45, 2.75) is 27.0 Å². The normalized spacial score (nSPS) is 11.2. The zero-order valence-electron chi connectivity index (χ0n) is 18.4. The quantitative estimate of drug-likeness (QED) is 0.302. The first-order valence-corrected chi connectivity index (χ1v) is 10.9. The number of imidazole rings is 1. The number of hydrogen-bond donors (Lipinski definition) is 0. The maximum Gasteiger partial charge on any atom is 0.148 e. The Morgan fingerprint density at radius 3 is 2.34 bits per heavy atom. The van der Waals surface area contributed by atoms with Gasteiger partial charge in [-0.1, -0.05) is 48.5 Å². The van der Waals surface area contributed by atoms with Crippen LogP contribution in [0, 0.1) is 13.8 Å². The lowest BCUT2D eigenvalue weighted by Gasteiger charge is -2.13. The highest BCUT2D eigenvalue weighted by Gasteiger charge is 2.12. The van der Waals surface area contributed by atoms with Gasteiger partial charge in [0.05, 0.1) is 17.6 Å². The van der Waals surface area contributed by atoms with E-state index >= 15 is 0 Å². The van der Waals surface area contributed by atoms with Gasteiger partial charge in [0.15, 0.2) is 0 Å². The number of rotatable bonds is 7. The average molecular weight is 423 g/mol. The molecule has 0 aliphatic rings. The van der Waals surface area contributed by atoms with Crippen molar-refractivity contribution in [1.82, 2.24) is 9.55 Å². The lowest BCUT2D eigenvalue weighted by atomic mass is 10.1. The minimum absolute atomic E-state index is 0.399. The Morgan fingerprint density at radius 1 is 0.719 bits per heavy atom. The number of fused-ring (bicyclic) bond motifs is 2. The molecule has 0 saturated carbocycles. The van der Waals surface area contributed by atoms with E-state index < -0.39 is 0 Å². The van der Waals surface area contributed by atoms with Crippen molar-refractivity contribution < 1.29 is 9.47 Å². The molecule has 0 amide bonds. The van der Waals surface area contributed by atoms with Crippen molar-refractivity contribution in [3.8, 4) is 11.5 Å². The monoisotopic (exact) mass is 422 g/mol. The molecule has 5 aromatic rings.